The van der Waals surface area contributed by atoms with Crippen molar-refractivity contribution in [2.45, 2.75) is 20.8 Å². The highest BCUT2D eigenvalue weighted by molar-refractivity contribution is 9.10. The maximum absolute atomic E-state index is 11.5. The standard InChI is InChI=1S/C14H13BrN2O3S/c1-6-4-7(2)10(9(15)5-6)16-14-17-11(13(19)20)12(21-14)8(3)18/h4-5H,1-3H3,(H,16,17)(H,19,20). The van der Waals surface area contributed by atoms with Gasteiger partial charge in [0.05, 0.1) is 5.69 Å². The monoisotopic (exact) mass is 368 g/mol. The van der Waals surface area contributed by atoms with E-state index in [-0.39, 0.29) is 16.4 Å². The molecule has 2 rings (SSSR count). The highest BCUT2D eigenvalue weighted by atomic mass is 79.9. The largest absolute Gasteiger partial charge is 0.476 e. The van der Waals surface area contributed by atoms with Crippen molar-refractivity contribution in [1.82, 2.24) is 4.98 Å². The van der Waals surface area contributed by atoms with Crippen molar-refractivity contribution in [3.63, 3.8) is 0 Å². The van der Waals surface area contributed by atoms with Gasteiger partial charge in [-0.1, -0.05) is 17.4 Å². The van der Waals surface area contributed by atoms with Crippen LogP contribution in [0.25, 0.3) is 0 Å². The molecule has 2 aromatic rings. The van der Waals surface area contributed by atoms with Gasteiger partial charge in [-0.15, -0.1) is 0 Å². The van der Waals surface area contributed by atoms with Crippen molar-refractivity contribution in [1.29, 1.82) is 0 Å². The third-order valence-corrected chi connectivity index (χ3v) is 4.51. The normalized spacial score (nSPS) is 10.5. The summed E-state index contributed by atoms with van der Waals surface area (Å²) in [5.74, 6) is -1.51. The number of hydrogen-bond acceptors (Lipinski definition) is 5. The molecule has 0 aliphatic heterocycles. The first-order valence-corrected chi connectivity index (χ1v) is 7.69. The lowest BCUT2D eigenvalue weighted by molar-refractivity contribution is 0.0687. The van der Waals surface area contributed by atoms with Crippen LogP contribution in [0.2, 0.25) is 0 Å². The van der Waals surface area contributed by atoms with Gasteiger partial charge in [-0.3, -0.25) is 4.79 Å². The number of thiazole rings is 1. The van der Waals surface area contributed by atoms with Crippen LogP contribution >= 0.6 is 27.3 Å². The quantitative estimate of drug-likeness (QED) is 0.791. The maximum atomic E-state index is 11.5. The minimum absolute atomic E-state index is 0.144. The summed E-state index contributed by atoms with van der Waals surface area (Å²) in [5.41, 5.74) is 2.70. The molecule has 0 fully saturated rings. The average molecular weight is 369 g/mol. The summed E-state index contributed by atoms with van der Waals surface area (Å²) < 4.78 is 0.858. The molecule has 21 heavy (non-hydrogen) atoms. The first-order valence-electron chi connectivity index (χ1n) is 6.08. The predicted octanol–water partition coefficient (Wildman–Crippen LogP) is 4.17. The van der Waals surface area contributed by atoms with Crippen molar-refractivity contribution in [3.8, 4) is 0 Å². The molecule has 0 atom stereocenters. The number of halogens is 1. The first kappa shape index (κ1) is 15.7. The molecule has 0 radical (unpaired) electrons. The molecular formula is C14H13BrN2O3S. The molecule has 0 aliphatic rings. The molecule has 0 saturated heterocycles. The third kappa shape index (κ3) is 3.30. The number of rotatable bonds is 4. The molecule has 0 aliphatic carbocycles. The van der Waals surface area contributed by atoms with Crippen LogP contribution in [-0.2, 0) is 0 Å². The zero-order valence-electron chi connectivity index (χ0n) is 11.7. The van der Waals surface area contributed by atoms with E-state index in [0.29, 0.717) is 5.13 Å². The van der Waals surface area contributed by atoms with E-state index >= 15 is 0 Å². The number of hydrogen-bond donors (Lipinski definition) is 2. The van der Waals surface area contributed by atoms with Gasteiger partial charge in [0.2, 0.25) is 0 Å². The number of ketones is 1. The van der Waals surface area contributed by atoms with Crippen molar-refractivity contribution in [2.24, 2.45) is 0 Å². The molecular weight excluding hydrogens is 356 g/mol. The minimum atomic E-state index is -1.20. The van der Waals surface area contributed by atoms with Crippen LogP contribution in [0.3, 0.4) is 0 Å². The number of nitrogens with one attached hydrogen (secondary N) is 1. The number of nitrogens with zero attached hydrogens (tertiary/aromatic N) is 1. The van der Waals surface area contributed by atoms with Gasteiger partial charge in [0.15, 0.2) is 16.6 Å². The van der Waals surface area contributed by atoms with Gasteiger partial charge in [0.25, 0.3) is 0 Å². The highest BCUT2D eigenvalue weighted by Crippen LogP contribution is 2.33. The molecule has 0 spiro atoms. The second kappa shape index (κ2) is 5.95. The number of benzene rings is 1. The van der Waals surface area contributed by atoms with E-state index in [1.165, 1.54) is 6.92 Å². The summed E-state index contributed by atoms with van der Waals surface area (Å²) in [7, 11) is 0. The molecule has 0 amide bonds. The van der Waals surface area contributed by atoms with E-state index in [2.05, 4.69) is 26.2 Å². The molecule has 2 N–H and O–H groups in total. The predicted molar refractivity (Wildman–Crippen MR) is 86.0 cm³/mol. The molecule has 0 saturated carbocycles. The molecule has 7 heteroatoms. The lowest BCUT2D eigenvalue weighted by Gasteiger charge is -2.10. The van der Waals surface area contributed by atoms with Crippen LogP contribution in [0.4, 0.5) is 10.8 Å². The van der Waals surface area contributed by atoms with Crippen molar-refractivity contribution in [3.05, 3.63) is 38.3 Å². The number of aromatic nitrogens is 1. The fourth-order valence-electron chi connectivity index (χ4n) is 1.94. The van der Waals surface area contributed by atoms with Gasteiger partial charge in [-0.2, -0.15) is 0 Å². The SMILES string of the molecule is CC(=O)c1sc(Nc2c(C)cc(C)cc2Br)nc1C(=O)O. The Morgan fingerprint density at radius 3 is 2.48 bits per heavy atom. The van der Waals surface area contributed by atoms with Crippen LogP contribution in [-0.4, -0.2) is 21.8 Å². The third-order valence-electron chi connectivity index (χ3n) is 2.81. The summed E-state index contributed by atoms with van der Waals surface area (Å²) >= 11 is 4.51. The first-order chi connectivity index (χ1) is 9.79. The lowest BCUT2D eigenvalue weighted by Crippen LogP contribution is -2.03. The van der Waals surface area contributed by atoms with E-state index in [1.807, 2.05) is 26.0 Å². The van der Waals surface area contributed by atoms with E-state index < -0.39 is 5.97 Å². The van der Waals surface area contributed by atoms with Crippen LogP contribution in [0.5, 0.6) is 0 Å². The summed E-state index contributed by atoms with van der Waals surface area (Å²) in [6.45, 7) is 5.26. The Morgan fingerprint density at radius 1 is 1.33 bits per heavy atom. The molecule has 1 aromatic heterocycles. The summed E-state index contributed by atoms with van der Waals surface area (Å²) in [5, 5.41) is 12.6. The second-order valence-electron chi connectivity index (χ2n) is 4.62. The number of anilines is 2. The Hall–Kier alpha value is -1.73. The van der Waals surface area contributed by atoms with Crippen LogP contribution in [0, 0.1) is 13.8 Å². The van der Waals surface area contributed by atoms with E-state index in [9.17, 15) is 9.59 Å². The number of Topliss-reactive ketones (excluding diaryl/α,β-unsaturated/α-hetero) is 1. The van der Waals surface area contributed by atoms with Gasteiger partial charge >= 0.3 is 5.97 Å². The number of aromatic carboxylic acids is 1. The van der Waals surface area contributed by atoms with E-state index in [1.54, 1.807) is 0 Å². The van der Waals surface area contributed by atoms with E-state index in [0.717, 1.165) is 32.6 Å². The second-order valence-corrected chi connectivity index (χ2v) is 6.48. The number of carboxylic acid groups (broad SMARTS) is 1. The van der Waals surface area contributed by atoms with Crippen LogP contribution in [0.1, 0.15) is 38.2 Å². The zero-order valence-corrected chi connectivity index (χ0v) is 14.1. The smallest absolute Gasteiger partial charge is 0.356 e. The van der Waals surface area contributed by atoms with Gasteiger partial charge in [0.1, 0.15) is 4.88 Å². The van der Waals surface area contributed by atoms with Crippen LogP contribution < -0.4 is 5.32 Å². The van der Waals surface area contributed by atoms with Crippen molar-refractivity contribution in [2.75, 3.05) is 5.32 Å². The maximum Gasteiger partial charge on any atom is 0.356 e. The fraction of sp³-hybridized carbons (Fsp3) is 0.214. The highest BCUT2D eigenvalue weighted by Gasteiger charge is 2.21. The van der Waals surface area contributed by atoms with Crippen molar-refractivity contribution >= 4 is 49.8 Å². The molecule has 1 aromatic carbocycles. The Balaban J connectivity index is 2.43. The fourth-order valence-corrected chi connectivity index (χ4v) is 3.57. The van der Waals surface area contributed by atoms with Crippen LogP contribution in [0.15, 0.2) is 16.6 Å². The van der Waals surface area contributed by atoms with Gasteiger partial charge in [-0.05, 0) is 47.0 Å². The van der Waals surface area contributed by atoms with E-state index in [4.69, 9.17) is 5.11 Å². The summed E-state index contributed by atoms with van der Waals surface area (Å²) in [4.78, 5) is 26.8. The molecule has 110 valence electrons. The molecule has 1 heterocycles. The van der Waals surface area contributed by atoms with Gasteiger partial charge < -0.3 is 10.4 Å². The molecule has 0 bridgehead atoms. The Kier molecular flexibility index (Phi) is 4.43. The van der Waals surface area contributed by atoms with Gasteiger partial charge in [-0.25, -0.2) is 9.78 Å². The topological polar surface area (TPSA) is 79.3 Å². The average Bonchev–Trinajstić information content (AvgIpc) is 2.78. The Labute approximate surface area is 134 Å². The number of carbonyl (C=O) groups excluding carboxylic acids is 1. The Bertz CT molecular complexity index is 685. The summed E-state index contributed by atoms with van der Waals surface area (Å²) in [6.07, 6.45) is 0. The summed E-state index contributed by atoms with van der Waals surface area (Å²) in [6, 6.07) is 3.96. The minimum Gasteiger partial charge on any atom is -0.476 e. The number of aryl methyl sites for hydroxylation is 2. The number of carbonyl (C=O) groups is 2. The lowest BCUT2D eigenvalue weighted by atomic mass is 10.1. The van der Waals surface area contributed by atoms with Crippen molar-refractivity contribution < 1.29 is 14.7 Å². The zero-order chi connectivity index (χ0) is 15.7. The molecule has 0 unspecified atom stereocenters. The Morgan fingerprint density at radius 2 is 2.00 bits per heavy atom. The number of carboxylic acids is 1. The molecule has 5 nitrogen and oxygen atoms in total. The van der Waals surface area contributed by atoms with Gasteiger partial charge in [0, 0.05) is 11.4 Å².